The minimum absolute atomic E-state index is 0.175. The summed E-state index contributed by atoms with van der Waals surface area (Å²) in [5.74, 6) is 3.38. The number of alkyl carbamates (subject to hydrolysis) is 1. The minimum atomic E-state index is -0.595. The van der Waals surface area contributed by atoms with Crippen molar-refractivity contribution >= 4 is 29.2 Å². The highest BCUT2D eigenvalue weighted by atomic mass is 16.6. The number of aromatic nitrogens is 4. The van der Waals surface area contributed by atoms with E-state index in [-0.39, 0.29) is 24.4 Å². The molecule has 3 aromatic carbocycles. The van der Waals surface area contributed by atoms with Crippen LogP contribution in [0.25, 0.3) is 11.0 Å². The number of fused-ring (bicyclic) bond motifs is 1. The predicted octanol–water partition coefficient (Wildman–Crippen LogP) is 6.74. The first-order valence-electron chi connectivity index (χ1n) is 17.5. The van der Waals surface area contributed by atoms with Crippen molar-refractivity contribution in [1.82, 2.24) is 25.1 Å². The number of carbonyl (C=O) groups is 2. The Bertz CT molecular complexity index is 2020. The average molecular weight is 741 g/mol. The van der Waals surface area contributed by atoms with Crippen molar-refractivity contribution in [3.63, 3.8) is 0 Å². The van der Waals surface area contributed by atoms with Crippen LogP contribution in [0.1, 0.15) is 67.5 Å². The molecule has 0 fully saturated rings. The van der Waals surface area contributed by atoms with Gasteiger partial charge in [0.25, 0.3) is 5.88 Å². The Morgan fingerprint density at radius 3 is 1.91 bits per heavy atom. The van der Waals surface area contributed by atoms with E-state index in [4.69, 9.17) is 33.4 Å². The number of hydrogen-bond acceptors (Lipinski definition) is 12. The van der Waals surface area contributed by atoms with Crippen molar-refractivity contribution in [3.05, 3.63) is 88.7 Å². The molecule has 5 rings (SSSR count). The first kappa shape index (κ1) is 39.2. The van der Waals surface area contributed by atoms with Crippen molar-refractivity contribution < 1.29 is 38.0 Å². The summed E-state index contributed by atoms with van der Waals surface area (Å²) in [5, 5.41) is 12.0. The van der Waals surface area contributed by atoms with Crippen LogP contribution in [0.15, 0.2) is 60.7 Å². The van der Waals surface area contributed by atoms with Crippen LogP contribution in [-0.2, 0) is 30.9 Å². The number of rotatable bonds is 16. The van der Waals surface area contributed by atoms with E-state index in [0.717, 1.165) is 22.3 Å². The van der Waals surface area contributed by atoms with E-state index < -0.39 is 11.7 Å². The molecule has 1 amide bonds. The van der Waals surface area contributed by atoms with Crippen LogP contribution in [0, 0.1) is 0 Å². The van der Waals surface area contributed by atoms with E-state index in [9.17, 15) is 9.59 Å². The lowest BCUT2D eigenvalue weighted by atomic mass is 10.1. The Hall–Kier alpha value is -6.05. The van der Waals surface area contributed by atoms with Gasteiger partial charge in [-0.3, -0.25) is 4.79 Å². The standard InChI is InChI=1S/C40H48N6O8/c1-25(2)53-38-36-35(42-34(24-47)46(36)21-27-12-10-26(11-13-27)20-41-39(48)54-40(3,4)5)37(43-44-38)45(22-28-14-16-30(49-6)18-32(28)51-8)23-29-15-17-31(50-7)19-33(29)52-9/h10-19,24-25H,20-23H2,1-9H3,(H,41,48). The largest absolute Gasteiger partial charge is 0.497 e. The molecule has 0 unspecified atom stereocenters. The molecule has 2 aromatic heterocycles. The van der Waals surface area contributed by atoms with Crippen molar-refractivity contribution in [2.45, 2.75) is 72.5 Å². The number of carbonyl (C=O) groups excluding carboxylic acids is 2. The van der Waals surface area contributed by atoms with E-state index in [2.05, 4.69) is 15.5 Å². The Morgan fingerprint density at radius 2 is 1.41 bits per heavy atom. The second-order valence-electron chi connectivity index (χ2n) is 13.8. The molecule has 5 aromatic rings. The lowest BCUT2D eigenvalue weighted by molar-refractivity contribution is 0.0523. The molecule has 0 aliphatic rings. The van der Waals surface area contributed by atoms with Crippen LogP contribution >= 0.6 is 0 Å². The van der Waals surface area contributed by atoms with Gasteiger partial charge in [-0.1, -0.05) is 24.3 Å². The highest BCUT2D eigenvalue weighted by Crippen LogP contribution is 2.36. The first-order valence-corrected chi connectivity index (χ1v) is 17.5. The van der Waals surface area contributed by atoms with Crippen molar-refractivity contribution in [3.8, 4) is 28.9 Å². The minimum Gasteiger partial charge on any atom is -0.497 e. The van der Waals surface area contributed by atoms with Crippen LogP contribution in [-0.4, -0.2) is 72.3 Å². The molecule has 0 aliphatic carbocycles. The summed E-state index contributed by atoms with van der Waals surface area (Å²) in [6, 6.07) is 18.9. The highest BCUT2D eigenvalue weighted by Gasteiger charge is 2.26. The van der Waals surface area contributed by atoms with Crippen molar-refractivity contribution in [1.29, 1.82) is 0 Å². The molecule has 0 bridgehead atoms. The number of amides is 1. The normalized spacial score (nSPS) is 11.3. The smallest absolute Gasteiger partial charge is 0.407 e. The van der Waals surface area contributed by atoms with Gasteiger partial charge in [-0.05, 0) is 70.0 Å². The summed E-state index contributed by atoms with van der Waals surface area (Å²) >= 11 is 0. The molecular formula is C40H48N6O8. The monoisotopic (exact) mass is 740 g/mol. The lowest BCUT2D eigenvalue weighted by Gasteiger charge is -2.26. The van der Waals surface area contributed by atoms with Gasteiger partial charge in [0.2, 0.25) is 0 Å². The fourth-order valence-electron chi connectivity index (χ4n) is 5.81. The number of aldehydes is 1. The molecule has 0 radical (unpaired) electrons. The van der Waals surface area contributed by atoms with Gasteiger partial charge < -0.3 is 43.2 Å². The zero-order valence-corrected chi connectivity index (χ0v) is 32.3. The molecule has 0 spiro atoms. The second-order valence-corrected chi connectivity index (χ2v) is 13.8. The molecule has 0 saturated carbocycles. The SMILES string of the molecule is COc1ccc(CN(Cc2ccc(OC)cc2OC)c2nnc(OC(C)C)c3c2nc(C=O)n3Cc2ccc(CNC(=O)OC(C)(C)C)cc2)c(OC)c1. The van der Waals surface area contributed by atoms with E-state index in [1.54, 1.807) is 33.0 Å². The van der Waals surface area contributed by atoms with E-state index in [1.165, 1.54) is 0 Å². The first-order chi connectivity index (χ1) is 25.9. The maximum absolute atomic E-state index is 12.7. The summed E-state index contributed by atoms with van der Waals surface area (Å²) < 4.78 is 35.7. The number of benzene rings is 3. The van der Waals surface area contributed by atoms with E-state index in [1.807, 2.05) is 100 Å². The van der Waals surface area contributed by atoms with Crippen molar-refractivity contribution in [2.75, 3.05) is 33.3 Å². The van der Waals surface area contributed by atoms with Gasteiger partial charge in [0.15, 0.2) is 17.9 Å². The fourth-order valence-corrected chi connectivity index (χ4v) is 5.81. The molecule has 14 heteroatoms. The summed E-state index contributed by atoms with van der Waals surface area (Å²) in [4.78, 5) is 31.7. The quantitative estimate of drug-likeness (QED) is 0.107. The van der Waals surface area contributed by atoms with Crippen LogP contribution < -0.4 is 33.9 Å². The van der Waals surface area contributed by atoms with Crippen LogP contribution in [0.3, 0.4) is 0 Å². The third-order valence-corrected chi connectivity index (χ3v) is 8.31. The van der Waals surface area contributed by atoms with E-state index in [0.29, 0.717) is 65.8 Å². The van der Waals surface area contributed by atoms with Gasteiger partial charge in [0.05, 0.1) is 34.5 Å². The molecule has 0 atom stereocenters. The molecule has 2 heterocycles. The number of ether oxygens (including phenoxy) is 6. The Morgan fingerprint density at radius 1 is 0.833 bits per heavy atom. The average Bonchev–Trinajstić information content (AvgIpc) is 3.52. The van der Waals surface area contributed by atoms with Gasteiger partial charge in [0.1, 0.15) is 39.6 Å². The second kappa shape index (κ2) is 17.2. The number of nitrogens with one attached hydrogen (secondary N) is 1. The number of anilines is 1. The fraction of sp³-hybridized carbons (Fsp3) is 0.375. The molecular weight excluding hydrogens is 692 g/mol. The van der Waals surface area contributed by atoms with Gasteiger partial charge in [-0.25, -0.2) is 9.78 Å². The maximum Gasteiger partial charge on any atom is 0.407 e. The summed E-state index contributed by atoms with van der Waals surface area (Å²) in [6.07, 6.45) is -0.0197. The maximum atomic E-state index is 12.7. The topological polar surface area (TPSA) is 148 Å². The number of hydrogen-bond donors (Lipinski definition) is 1. The van der Waals surface area contributed by atoms with E-state index >= 15 is 0 Å². The van der Waals surface area contributed by atoms with Crippen LogP contribution in [0.2, 0.25) is 0 Å². The number of imidazole rings is 1. The van der Waals surface area contributed by atoms with Gasteiger partial charge in [-0.2, -0.15) is 0 Å². The van der Waals surface area contributed by atoms with Crippen LogP contribution in [0.4, 0.5) is 10.6 Å². The third-order valence-electron chi connectivity index (χ3n) is 8.31. The highest BCUT2D eigenvalue weighted by molar-refractivity contribution is 5.93. The molecule has 14 nitrogen and oxygen atoms in total. The summed E-state index contributed by atoms with van der Waals surface area (Å²) in [5.41, 5.74) is 3.81. The molecule has 54 heavy (non-hydrogen) atoms. The van der Waals surface area contributed by atoms with Gasteiger partial charge in [0, 0.05) is 49.4 Å². The van der Waals surface area contributed by atoms with Crippen molar-refractivity contribution in [2.24, 2.45) is 0 Å². The zero-order chi connectivity index (χ0) is 39.0. The molecule has 286 valence electrons. The Labute approximate surface area is 315 Å². The lowest BCUT2D eigenvalue weighted by Crippen LogP contribution is -2.32. The molecule has 0 aliphatic heterocycles. The predicted molar refractivity (Wildman–Crippen MR) is 204 cm³/mol. The summed E-state index contributed by atoms with van der Waals surface area (Å²) in [7, 11) is 6.41. The summed E-state index contributed by atoms with van der Waals surface area (Å²) in [6.45, 7) is 10.4. The molecule has 1 N–H and O–H groups in total. The van der Waals surface area contributed by atoms with Gasteiger partial charge >= 0.3 is 6.09 Å². The zero-order valence-electron chi connectivity index (χ0n) is 32.3. The van der Waals surface area contributed by atoms with Crippen LogP contribution in [0.5, 0.6) is 28.9 Å². The third kappa shape index (κ3) is 9.48. The number of methoxy groups -OCH3 is 4. The molecule has 0 saturated heterocycles. The van der Waals surface area contributed by atoms with Gasteiger partial charge in [-0.15, -0.1) is 10.2 Å². The Balaban J connectivity index is 1.59. The Kier molecular flexibility index (Phi) is 12.5. The number of nitrogens with zero attached hydrogens (tertiary/aromatic N) is 5.